The molecule has 2 aromatic rings. The van der Waals surface area contributed by atoms with Gasteiger partial charge in [0, 0.05) is 30.9 Å². The molecule has 23 heavy (non-hydrogen) atoms. The van der Waals surface area contributed by atoms with E-state index in [9.17, 15) is 4.39 Å². The SMILES string of the molecule is Fc1cc(N=Cc2c(Cl)cccc2Cl)ccc1N1CCOCC1. The second kappa shape index (κ2) is 7.30. The standard InChI is InChI=1S/C17H15Cl2FN2O/c18-14-2-1-3-15(19)13(14)11-21-12-4-5-17(16(20)10-12)22-6-8-23-9-7-22/h1-5,10-11H,6-9H2. The predicted molar refractivity (Wildman–Crippen MR) is 93.1 cm³/mol. The number of halogens is 3. The summed E-state index contributed by atoms with van der Waals surface area (Å²) >= 11 is 12.2. The summed E-state index contributed by atoms with van der Waals surface area (Å²) in [5.41, 5.74) is 1.70. The van der Waals surface area contributed by atoms with Gasteiger partial charge in [-0.1, -0.05) is 29.3 Å². The van der Waals surface area contributed by atoms with Gasteiger partial charge in [-0.2, -0.15) is 0 Å². The van der Waals surface area contributed by atoms with Crippen LogP contribution in [0, 0.1) is 5.82 Å². The van der Waals surface area contributed by atoms with Crippen molar-refractivity contribution in [2.24, 2.45) is 4.99 Å². The van der Waals surface area contributed by atoms with Crippen molar-refractivity contribution in [2.75, 3.05) is 31.2 Å². The van der Waals surface area contributed by atoms with Gasteiger partial charge in [0.05, 0.1) is 34.6 Å². The van der Waals surface area contributed by atoms with Crippen LogP contribution in [0.25, 0.3) is 0 Å². The molecule has 1 fully saturated rings. The summed E-state index contributed by atoms with van der Waals surface area (Å²) in [4.78, 5) is 6.24. The molecule has 0 N–H and O–H groups in total. The van der Waals surface area contributed by atoms with E-state index in [4.69, 9.17) is 27.9 Å². The van der Waals surface area contributed by atoms with Gasteiger partial charge < -0.3 is 9.64 Å². The number of hydrogen-bond acceptors (Lipinski definition) is 3. The Morgan fingerprint density at radius 3 is 2.43 bits per heavy atom. The molecule has 120 valence electrons. The molecule has 0 saturated carbocycles. The Hall–Kier alpha value is -1.62. The third kappa shape index (κ3) is 3.83. The molecule has 1 heterocycles. The van der Waals surface area contributed by atoms with Gasteiger partial charge in [-0.25, -0.2) is 4.39 Å². The highest BCUT2D eigenvalue weighted by molar-refractivity contribution is 6.38. The van der Waals surface area contributed by atoms with Crippen molar-refractivity contribution in [2.45, 2.75) is 0 Å². The predicted octanol–water partition coefficient (Wildman–Crippen LogP) is 4.72. The van der Waals surface area contributed by atoms with E-state index in [0.29, 0.717) is 53.3 Å². The average molecular weight is 353 g/mol. The van der Waals surface area contributed by atoms with Gasteiger partial charge >= 0.3 is 0 Å². The second-order valence-corrected chi connectivity index (χ2v) is 5.94. The normalized spacial score (nSPS) is 15.3. The summed E-state index contributed by atoms with van der Waals surface area (Å²) in [7, 11) is 0. The van der Waals surface area contributed by atoms with Gasteiger partial charge in [0.15, 0.2) is 0 Å². The lowest BCUT2D eigenvalue weighted by molar-refractivity contribution is 0.122. The second-order valence-electron chi connectivity index (χ2n) is 5.13. The molecular weight excluding hydrogens is 338 g/mol. The summed E-state index contributed by atoms with van der Waals surface area (Å²) < 4.78 is 19.6. The molecule has 2 aromatic carbocycles. The van der Waals surface area contributed by atoms with Crippen LogP contribution in [0.4, 0.5) is 15.8 Å². The number of benzene rings is 2. The molecule has 3 nitrogen and oxygen atoms in total. The zero-order valence-corrected chi connectivity index (χ0v) is 13.8. The van der Waals surface area contributed by atoms with Crippen LogP contribution >= 0.6 is 23.2 Å². The minimum absolute atomic E-state index is 0.299. The largest absolute Gasteiger partial charge is 0.378 e. The molecular formula is C17H15Cl2FN2O. The summed E-state index contributed by atoms with van der Waals surface area (Å²) in [5, 5.41) is 1.01. The molecule has 3 rings (SSSR count). The Balaban J connectivity index is 1.81. The summed E-state index contributed by atoms with van der Waals surface area (Å²) in [5.74, 6) is -0.299. The lowest BCUT2D eigenvalue weighted by Crippen LogP contribution is -2.36. The van der Waals surface area contributed by atoms with Crippen molar-refractivity contribution < 1.29 is 9.13 Å². The Bertz CT molecular complexity index is 710. The number of morpholine rings is 1. The number of ether oxygens (including phenoxy) is 1. The van der Waals surface area contributed by atoms with Crippen LogP contribution in [0.5, 0.6) is 0 Å². The van der Waals surface area contributed by atoms with E-state index >= 15 is 0 Å². The van der Waals surface area contributed by atoms with Crippen LogP contribution in [-0.4, -0.2) is 32.5 Å². The monoisotopic (exact) mass is 352 g/mol. The molecule has 0 amide bonds. The molecule has 0 spiro atoms. The fraction of sp³-hybridized carbons (Fsp3) is 0.235. The topological polar surface area (TPSA) is 24.8 Å². The van der Waals surface area contributed by atoms with Crippen LogP contribution in [0.3, 0.4) is 0 Å². The van der Waals surface area contributed by atoms with E-state index in [-0.39, 0.29) is 5.82 Å². The molecule has 1 saturated heterocycles. The molecule has 0 atom stereocenters. The van der Waals surface area contributed by atoms with Gasteiger partial charge in [-0.05, 0) is 24.3 Å². The Morgan fingerprint density at radius 2 is 1.78 bits per heavy atom. The summed E-state index contributed by atoms with van der Waals surface area (Å²) in [6.45, 7) is 2.61. The van der Waals surface area contributed by atoms with Gasteiger partial charge in [0.2, 0.25) is 0 Å². The number of nitrogens with zero attached hydrogens (tertiary/aromatic N) is 2. The van der Waals surface area contributed by atoms with Gasteiger partial charge in [-0.15, -0.1) is 0 Å². The first-order valence-electron chi connectivity index (χ1n) is 7.25. The number of anilines is 1. The first-order chi connectivity index (χ1) is 11.1. The van der Waals surface area contributed by atoms with E-state index in [2.05, 4.69) is 4.99 Å². The third-order valence-corrected chi connectivity index (χ3v) is 4.28. The van der Waals surface area contributed by atoms with Crippen molar-refractivity contribution in [3.8, 4) is 0 Å². The quantitative estimate of drug-likeness (QED) is 0.746. The van der Waals surface area contributed by atoms with Crippen molar-refractivity contribution in [3.63, 3.8) is 0 Å². The van der Waals surface area contributed by atoms with E-state index in [1.54, 1.807) is 36.5 Å². The Kier molecular flexibility index (Phi) is 5.16. The van der Waals surface area contributed by atoms with E-state index in [0.717, 1.165) is 0 Å². The lowest BCUT2D eigenvalue weighted by Gasteiger charge is -2.29. The first-order valence-corrected chi connectivity index (χ1v) is 8.01. The van der Waals surface area contributed by atoms with Crippen LogP contribution in [0.15, 0.2) is 41.4 Å². The Morgan fingerprint density at radius 1 is 1.09 bits per heavy atom. The molecule has 1 aliphatic rings. The zero-order chi connectivity index (χ0) is 16.2. The molecule has 0 unspecified atom stereocenters. The minimum Gasteiger partial charge on any atom is -0.378 e. The maximum atomic E-state index is 14.3. The molecule has 6 heteroatoms. The minimum atomic E-state index is -0.299. The highest BCUT2D eigenvalue weighted by Crippen LogP contribution is 2.27. The lowest BCUT2D eigenvalue weighted by atomic mass is 10.2. The average Bonchev–Trinajstić information content (AvgIpc) is 2.55. The third-order valence-electron chi connectivity index (χ3n) is 3.63. The van der Waals surface area contributed by atoms with Crippen molar-refractivity contribution in [3.05, 3.63) is 57.8 Å². The maximum Gasteiger partial charge on any atom is 0.148 e. The van der Waals surface area contributed by atoms with Gasteiger partial charge in [0.1, 0.15) is 5.82 Å². The van der Waals surface area contributed by atoms with Crippen molar-refractivity contribution >= 4 is 40.8 Å². The highest BCUT2D eigenvalue weighted by atomic mass is 35.5. The number of rotatable bonds is 3. The van der Waals surface area contributed by atoms with E-state index in [1.807, 2.05) is 4.90 Å². The highest BCUT2D eigenvalue weighted by Gasteiger charge is 2.15. The summed E-state index contributed by atoms with van der Waals surface area (Å²) in [6.07, 6.45) is 1.55. The van der Waals surface area contributed by atoms with Crippen molar-refractivity contribution in [1.29, 1.82) is 0 Å². The van der Waals surface area contributed by atoms with Gasteiger partial charge in [0.25, 0.3) is 0 Å². The molecule has 1 aliphatic heterocycles. The van der Waals surface area contributed by atoms with E-state index < -0.39 is 0 Å². The number of hydrogen-bond donors (Lipinski definition) is 0. The fourth-order valence-corrected chi connectivity index (χ4v) is 2.90. The smallest absolute Gasteiger partial charge is 0.148 e. The Labute approximate surface area is 144 Å². The maximum absolute atomic E-state index is 14.3. The molecule has 0 aliphatic carbocycles. The fourth-order valence-electron chi connectivity index (χ4n) is 2.41. The van der Waals surface area contributed by atoms with Crippen molar-refractivity contribution in [1.82, 2.24) is 0 Å². The van der Waals surface area contributed by atoms with Crippen LogP contribution in [-0.2, 0) is 4.74 Å². The zero-order valence-electron chi connectivity index (χ0n) is 12.3. The van der Waals surface area contributed by atoms with Crippen LogP contribution in [0.1, 0.15) is 5.56 Å². The summed E-state index contributed by atoms with van der Waals surface area (Å²) in [6, 6.07) is 10.1. The van der Waals surface area contributed by atoms with Crippen LogP contribution in [0.2, 0.25) is 10.0 Å². The van der Waals surface area contributed by atoms with Gasteiger partial charge in [-0.3, -0.25) is 4.99 Å². The van der Waals surface area contributed by atoms with E-state index in [1.165, 1.54) is 6.07 Å². The molecule has 0 aromatic heterocycles. The molecule has 0 bridgehead atoms. The van der Waals surface area contributed by atoms with Crippen LogP contribution < -0.4 is 4.90 Å². The number of aliphatic imine (C=N–C) groups is 1. The molecule has 0 radical (unpaired) electrons. The first kappa shape index (κ1) is 16.2.